The van der Waals surface area contributed by atoms with Crippen molar-refractivity contribution in [1.82, 2.24) is 0 Å². The Bertz CT molecular complexity index is 861. The summed E-state index contributed by atoms with van der Waals surface area (Å²) in [4.78, 5) is 27.6. The van der Waals surface area contributed by atoms with E-state index >= 15 is 0 Å². The lowest BCUT2D eigenvalue weighted by molar-refractivity contribution is -0.384. The molecule has 0 N–H and O–H groups in total. The number of hydrogen-bond donors (Lipinski definition) is 0. The highest BCUT2D eigenvalue weighted by atomic mass is 16.6. The standard InChI is InChI=1S/C19H16N2O4/c1-11-15-16(19(22)25-11)18(13-7-9-14(10-8-13)21(23)24)20-17(15)12-5-3-2-4-6-12/h2-11,15-16,18H,1H3/t11-,15-,16+,18-/m0/s1. The van der Waals surface area contributed by atoms with E-state index in [9.17, 15) is 14.9 Å². The van der Waals surface area contributed by atoms with E-state index in [1.165, 1.54) is 12.1 Å². The van der Waals surface area contributed by atoms with Crippen LogP contribution in [0.5, 0.6) is 0 Å². The van der Waals surface area contributed by atoms with Crippen molar-refractivity contribution >= 4 is 17.4 Å². The molecule has 1 saturated heterocycles. The number of fused-ring (bicyclic) bond motifs is 1. The molecular formula is C19H16N2O4. The molecule has 2 aliphatic heterocycles. The fourth-order valence-corrected chi connectivity index (χ4v) is 3.76. The van der Waals surface area contributed by atoms with E-state index in [0.717, 1.165) is 16.8 Å². The lowest BCUT2D eigenvalue weighted by atomic mass is 9.82. The van der Waals surface area contributed by atoms with E-state index in [1.807, 2.05) is 37.3 Å². The average molecular weight is 336 g/mol. The van der Waals surface area contributed by atoms with Crippen LogP contribution in [-0.4, -0.2) is 22.7 Å². The van der Waals surface area contributed by atoms with Gasteiger partial charge in [-0.3, -0.25) is 19.9 Å². The van der Waals surface area contributed by atoms with Crippen LogP contribution in [-0.2, 0) is 9.53 Å². The van der Waals surface area contributed by atoms with Crippen molar-refractivity contribution in [2.24, 2.45) is 16.8 Å². The van der Waals surface area contributed by atoms with Crippen molar-refractivity contribution in [1.29, 1.82) is 0 Å². The quantitative estimate of drug-likeness (QED) is 0.489. The van der Waals surface area contributed by atoms with Crippen LogP contribution >= 0.6 is 0 Å². The second-order valence-electron chi connectivity index (χ2n) is 6.37. The van der Waals surface area contributed by atoms with Gasteiger partial charge in [-0.15, -0.1) is 0 Å². The Morgan fingerprint density at radius 3 is 2.36 bits per heavy atom. The van der Waals surface area contributed by atoms with E-state index in [-0.39, 0.29) is 35.6 Å². The monoisotopic (exact) mass is 336 g/mol. The molecule has 25 heavy (non-hydrogen) atoms. The summed E-state index contributed by atoms with van der Waals surface area (Å²) >= 11 is 0. The van der Waals surface area contributed by atoms with Gasteiger partial charge in [-0.25, -0.2) is 0 Å². The van der Waals surface area contributed by atoms with Crippen LogP contribution in [0.4, 0.5) is 5.69 Å². The first-order valence-electron chi connectivity index (χ1n) is 8.14. The van der Waals surface area contributed by atoms with Crippen LogP contribution in [0.3, 0.4) is 0 Å². The van der Waals surface area contributed by atoms with Gasteiger partial charge in [0.25, 0.3) is 5.69 Å². The molecule has 2 aromatic rings. The van der Waals surface area contributed by atoms with Crippen LogP contribution in [0.15, 0.2) is 59.6 Å². The first-order chi connectivity index (χ1) is 12.1. The summed E-state index contributed by atoms with van der Waals surface area (Å²) in [6, 6.07) is 15.6. The van der Waals surface area contributed by atoms with Crippen molar-refractivity contribution in [3.05, 3.63) is 75.8 Å². The largest absolute Gasteiger partial charge is 0.462 e. The van der Waals surface area contributed by atoms with Gasteiger partial charge in [-0.05, 0) is 18.1 Å². The molecule has 4 atom stereocenters. The number of esters is 1. The molecule has 0 amide bonds. The van der Waals surface area contributed by atoms with Crippen LogP contribution in [0.1, 0.15) is 24.1 Å². The second kappa shape index (κ2) is 5.81. The van der Waals surface area contributed by atoms with E-state index in [1.54, 1.807) is 12.1 Å². The Balaban J connectivity index is 1.77. The fourth-order valence-electron chi connectivity index (χ4n) is 3.76. The minimum atomic E-state index is -0.439. The van der Waals surface area contributed by atoms with E-state index in [4.69, 9.17) is 9.73 Å². The Hall–Kier alpha value is -3.02. The summed E-state index contributed by atoms with van der Waals surface area (Å²) in [6.07, 6.45) is -0.237. The fraction of sp³-hybridized carbons (Fsp3) is 0.263. The van der Waals surface area contributed by atoms with Gasteiger partial charge >= 0.3 is 5.97 Å². The maximum Gasteiger partial charge on any atom is 0.312 e. The molecular weight excluding hydrogens is 320 g/mol. The Kier molecular flexibility index (Phi) is 3.60. The van der Waals surface area contributed by atoms with Crippen molar-refractivity contribution in [3.63, 3.8) is 0 Å². The summed E-state index contributed by atoms with van der Waals surface area (Å²) in [6.45, 7) is 1.89. The lowest BCUT2D eigenvalue weighted by Gasteiger charge is -2.15. The molecule has 1 fully saturated rings. The van der Waals surface area contributed by atoms with Crippen molar-refractivity contribution < 1.29 is 14.5 Å². The van der Waals surface area contributed by atoms with Gasteiger partial charge in [0.15, 0.2) is 0 Å². The number of nitro benzene ring substituents is 1. The number of nitro groups is 1. The van der Waals surface area contributed by atoms with Crippen LogP contribution < -0.4 is 0 Å². The first kappa shape index (κ1) is 15.5. The first-order valence-corrected chi connectivity index (χ1v) is 8.14. The van der Waals surface area contributed by atoms with Gasteiger partial charge in [0, 0.05) is 12.1 Å². The summed E-state index contributed by atoms with van der Waals surface area (Å²) in [5, 5.41) is 10.9. The van der Waals surface area contributed by atoms with E-state index < -0.39 is 4.92 Å². The number of rotatable bonds is 3. The molecule has 0 unspecified atom stereocenters. The second-order valence-corrected chi connectivity index (χ2v) is 6.37. The van der Waals surface area contributed by atoms with Crippen molar-refractivity contribution in [2.75, 3.05) is 0 Å². The predicted molar refractivity (Wildman–Crippen MR) is 91.4 cm³/mol. The molecule has 0 aliphatic carbocycles. The number of nitrogens with zero attached hydrogens (tertiary/aromatic N) is 2. The number of aliphatic imine (C=N–C) groups is 1. The Labute approximate surface area is 144 Å². The molecule has 0 aromatic heterocycles. The normalized spacial score (nSPS) is 27.6. The molecule has 126 valence electrons. The number of carbonyl (C=O) groups is 1. The van der Waals surface area contributed by atoms with Crippen molar-refractivity contribution in [2.45, 2.75) is 19.1 Å². The van der Waals surface area contributed by atoms with Gasteiger partial charge in [-0.1, -0.05) is 42.5 Å². The zero-order valence-corrected chi connectivity index (χ0v) is 13.5. The van der Waals surface area contributed by atoms with E-state index in [0.29, 0.717) is 0 Å². The van der Waals surface area contributed by atoms with Crippen LogP contribution in [0.25, 0.3) is 0 Å². The topological polar surface area (TPSA) is 81.8 Å². The van der Waals surface area contributed by atoms with E-state index in [2.05, 4.69) is 0 Å². The van der Waals surface area contributed by atoms with Crippen molar-refractivity contribution in [3.8, 4) is 0 Å². The number of cyclic esters (lactones) is 1. The number of benzene rings is 2. The summed E-state index contributed by atoms with van der Waals surface area (Å²) in [5.74, 6) is -0.739. The highest BCUT2D eigenvalue weighted by Gasteiger charge is 2.53. The third-order valence-corrected chi connectivity index (χ3v) is 4.92. The zero-order valence-electron chi connectivity index (χ0n) is 13.5. The lowest BCUT2D eigenvalue weighted by Crippen LogP contribution is -2.25. The highest BCUT2D eigenvalue weighted by Crippen LogP contribution is 2.47. The molecule has 0 bridgehead atoms. The summed E-state index contributed by atoms with van der Waals surface area (Å²) < 4.78 is 5.47. The molecule has 0 saturated carbocycles. The number of non-ortho nitro benzene ring substituents is 1. The Morgan fingerprint density at radius 2 is 1.72 bits per heavy atom. The average Bonchev–Trinajstić information content (AvgIpc) is 3.15. The molecule has 6 heteroatoms. The third kappa shape index (κ3) is 2.50. The molecule has 4 rings (SSSR count). The zero-order chi connectivity index (χ0) is 17.6. The Morgan fingerprint density at radius 1 is 1.04 bits per heavy atom. The van der Waals surface area contributed by atoms with Gasteiger partial charge in [0.05, 0.1) is 28.5 Å². The molecule has 0 spiro atoms. The number of carbonyl (C=O) groups excluding carboxylic acids is 1. The molecule has 2 heterocycles. The molecule has 2 aromatic carbocycles. The minimum absolute atomic E-state index is 0.0212. The maximum atomic E-state index is 12.4. The van der Waals surface area contributed by atoms with Gasteiger partial charge in [0.1, 0.15) is 6.10 Å². The van der Waals surface area contributed by atoms with Crippen LogP contribution in [0.2, 0.25) is 0 Å². The minimum Gasteiger partial charge on any atom is -0.462 e. The van der Waals surface area contributed by atoms with Gasteiger partial charge in [0.2, 0.25) is 0 Å². The smallest absolute Gasteiger partial charge is 0.312 e. The summed E-state index contributed by atoms with van der Waals surface area (Å²) in [7, 11) is 0. The molecule has 2 aliphatic rings. The van der Waals surface area contributed by atoms with Crippen LogP contribution in [0, 0.1) is 22.0 Å². The maximum absolute atomic E-state index is 12.4. The predicted octanol–water partition coefficient (Wildman–Crippen LogP) is 3.32. The highest BCUT2D eigenvalue weighted by molar-refractivity contribution is 6.07. The third-order valence-electron chi connectivity index (χ3n) is 4.92. The number of hydrogen-bond acceptors (Lipinski definition) is 5. The molecule has 6 nitrogen and oxygen atoms in total. The van der Waals surface area contributed by atoms with Gasteiger partial charge in [-0.2, -0.15) is 0 Å². The summed E-state index contributed by atoms with van der Waals surface area (Å²) in [5.41, 5.74) is 2.66. The number of ether oxygens (including phenoxy) is 1. The molecule has 0 radical (unpaired) electrons. The van der Waals surface area contributed by atoms with Gasteiger partial charge < -0.3 is 4.74 Å². The SMILES string of the molecule is C[C@@H]1OC(=O)[C@@H]2[C@H]1C(c1ccccc1)=N[C@H]2c1ccc([N+](=O)[O-])cc1.